The van der Waals surface area contributed by atoms with Gasteiger partial charge in [0.15, 0.2) is 23.9 Å². The molecule has 126 valence electrons. The Morgan fingerprint density at radius 1 is 1.04 bits per heavy atom. The van der Waals surface area contributed by atoms with E-state index in [1.807, 2.05) is 0 Å². The molecule has 0 saturated carbocycles. The number of carbonyl (C=O) groups is 2. The molecule has 0 spiro atoms. The maximum atomic E-state index is 12.0. The van der Waals surface area contributed by atoms with Crippen LogP contribution in [0.5, 0.6) is 17.2 Å². The first-order chi connectivity index (χ1) is 11.6. The van der Waals surface area contributed by atoms with E-state index in [9.17, 15) is 14.7 Å². The van der Waals surface area contributed by atoms with Gasteiger partial charge in [0.05, 0.1) is 19.9 Å². The Hall–Kier alpha value is -3.22. The summed E-state index contributed by atoms with van der Waals surface area (Å²) in [4.78, 5) is 23.5. The molecule has 24 heavy (non-hydrogen) atoms. The van der Waals surface area contributed by atoms with E-state index in [4.69, 9.17) is 9.47 Å². The SMILES string of the molecule is COC(=O)c1cccc(NC(=O)COc2ccccc2OC)c1O. The molecule has 0 radical (unpaired) electrons. The van der Waals surface area contributed by atoms with Gasteiger partial charge in [0.25, 0.3) is 5.91 Å². The number of hydrogen-bond donors (Lipinski definition) is 2. The van der Waals surface area contributed by atoms with Gasteiger partial charge in [-0.25, -0.2) is 4.79 Å². The van der Waals surface area contributed by atoms with Crippen LogP contribution >= 0.6 is 0 Å². The first kappa shape index (κ1) is 17.1. The van der Waals surface area contributed by atoms with E-state index < -0.39 is 11.9 Å². The lowest BCUT2D eigenvalue weighted by Gasteiger charge is -2.12. The average molecular weight is 331 g/mol. The second kappa shape index (κ2) is 7.87. The third-order valence-corrected chi connectivity index (χ3v) is 3.14. The number of nitrogens with one attached hydrogen (secondary N) is 1. The number of rotatable bonds is 6. The quantitative estimate of drug-likeness (QED) is 0.622. The minimum Gasteiger partial charge on any atom is -0.505 e. The molecule has 2 rings (SSSR count). The van der Waals surface area contributed by atoms with Crippen LogP contribution in [-0.2, 0) is 9.53 Å². The molecule has 2 aromatic carbocycles. The smallest absolute Gasteiger partial charge is 0.341 e. The van der Waals surface area contributed by atoms with Crippen LogP contribution in [0.4, 0.5) is 5.69 Å². The summed E-state index contributed by atoms with van der Waals surface area (Å²) in [6.45, 7) is -0.289. The van der Waals surface area contributed by atoms with Crippen LogP contribution in [0.15, 0.2) is 42.5 Å². The summed E-state index contributed by atoms with van der Waals surface area (Å²) in [5, 5.41) is 12.5. The fourth-order valence-corrected chi connectivity index (χ4v) is 1.99. The standard InChI is InChI=1S/C17H17NO6/c1-22-13-8-3-4-9-14(13)24-10-15(19)18-12-7-5-6-11(16(12)20)17(21)23-2/h3-9,20H,10H2,1-2H3,(H,18,19). The van der Waals surface area contributed by atoms with Crippen LogP contribution in [0.3, 0.4) is 0 Å². The molecule has 7 heteroatoms. The summed E-state index contributed by atoms with van der Waals surface area (Å²) < 4.78 is 15.1. The predicted molar refractivity (Wildman–Crippen MR) is 86.6 cm³/mol. The normalized spacial score (nSPS) is 9.92. The molecular weight excluding hydrogens is 314 g/mol. The number of phenols is 1. The molecule has 0 heterocycles. The number of para-hydroxylation sites is 3. The zero-order valence-corrected chi connectivity index (χ0v) is 13.2. The molecule has 0 bridgehead atoms. The summed E-state index contributed by atoms with van der Waals surface area (Å²) >= 11 is 0. The summed E-state index contributed by atoms with van der Waals surface area (Å²) in [5.74, 6) is -0.648. The van der Waals surface area contributed by atoms with Crippen LogP contribution in [0, 0.1) is 0 Å². The third-order valence-electron chi connectivity index (χ3n) is 3.14. The Morgan fingerprint density at radius 3 is 2.42 bits per heavy atom. The van der Waals surface area contributed by atoms with E-state index in [-0.39, 0.29) is 23.6 Å². The first-order valence-corrected chi connectivity index (χ1v) is 7.02. The fraction of sp³-hybridized carbons (Fsp3) is 0.176. The van der Waals surface area contributed by atoms with Crippen molar-refractivity contribution in [2.24, 2.45) is 0 Å². The van der Waals surface area contributed by atoms with E-state index in [1.165, 1.54) is 32.4 Å². The van der Waals surface area contributed by atoms with Crippen molar-refractivity contribution in [1.29, 1.82) is 0 Å². The van der Waals surface area contributed by atoms with Gasteiger partial charge in [-0.05, 0) is 24.3 Å². The van der Waals surface area contributed by atoms with Gasteiger partial charge in [-0.2, -0.15) is 0 Å². The van der Waals surface area contributed by atoms with Crippen LogP contribution in [-0.4, -0.2) is 37.8 Å². The number of amides is 1. The number of phenolic OH excluding ortho intramolecular Hbond substituents is 1. The van der Waals surface area contributed by atoms with Crippen molar-refractivity contribution in [3.05, 3.63) is 48.0 Å². The van der Waals surface area contributed by atoms with Crippen molar-refractivity contribution in [2.45, 2.75) is 0 Å². The molecule has 0 unspecified atom stereocenters. The number of hydrogen-bond acceptors (Lipinski definition) is 6. The molecular formula is C17H17NO6. The minimum absolute atomic E-state index is 0.0408. The van der Waals surface area contributed by atoms with Gasteiger partial charge in [-0.3, -0.25) is 4.79 Å². The molecule has 0 aromatic heterocycles. The van der Waals surface area contributed by atoms with Gasteiger partial charge in [0, 0.05) is 0 Å². The number of ether oxygens (including phenoxy) is 3. The van der Waals surface area contributed by atoms with Crippen LogP contribution in [0.2, 0.25) is 0 Å². The number of aromatic hydroxyl groups is 1. The molecule has 2 aromatic rings. The van der Waals surface area contributed by atoms with E-state index in [0.717, 1.165) is 0 Å². The van der Waals surface area contributed by atoms with Gasteiger partial charge in [0.2, 0.25) is 0 Å². The topological polar surface area (TPSA) is 94.1 Å². The van der Waals surface area contributed by atoms with E-state index in [1.54, 1.807) is 24.3 Å². The van der Waals surface area contributed by atoms with Crippen LogP contribution < -0.4 is 14.8 Å². The summed E-state index contributed by atoms with van der Waals surface area (Å²) in [6, 6.07) is 11.3. The van der Waals surface area contributed by atoms with Crippen molar-refractivity contribution in [1.82, 2.24) is 0 Å². The highest BCUT2D eigenvalue weighted by Crippen LogP contribution is 2.28. The number of anilines is 1. The van der Waals surface area contributed by atoms with Crippen LogP contribution in [0.1, 0.15) is 10.4 Å². The van der Waals surface area contributed by atoms with E-state index in [0.29, 0.717) is 11.5 Å². The predicted octanol–water partition coefficient (Wildman–Crippen LogP) is 2.20. The van der Waals surface area contributed by atoms with Gasteiger partial charge in [-0.1, -0.05) is 18.2 Å². The molecule has 1 amide bonds. The molecule has 7 nitrogen and oxygen atoms in total. The van der Waals surface area contributed by atoms with Gasteiger partial charge in [-0.15, -0.1) is 0 Å². The largest absolute Gasteiger partial charge is 0.505 e. The second-order valence-corrected chi connectivity index (χ2v) is 4.68. The van der Waals surface area contributed by atoms with E-state index in [2.05, 4.69) is 10.1 Å². The molecule has 0 aliphatic heterocycles. The zero-order valence-electron chi connectivity index (χ0n) is 13.2. The minimum atomic E-state index is -0.700. The number of carbonyl (C=O) groups excluding carboxylic acids is 2. The molecule has 0 aliphatic carbocycles. The summed E-state index contributed by atoms with van der Waals surface area (Å²) in [6.07, 6.45) is 0. The Balaban J connectivity index is 2.04. The lowest BCUT2D eigenvalue weighted by atomic mass is 10.1. The molecule has 0 aliphatic rings. The second-order valence-electron chi connectivity index (χ2n) is 4.68. The highest BCUT2D eigenvalue weighted by Gasteiger charge is 2.16. The zero-order chi connectivity index (χ0) is 17.5. The van der Waals surface area contributed by atoms with Crippen molar-refractivity contribution in [2.75, 3.05) is 26.1 Å². The highest BCUT2D eigenvalue weighted by atomic mass is 16.5. The maximum absolute atomic E-state index is 12.0. The van der Waals surface area contributed by atoms with Gasteiger partial charge in [0.1, 0.15) is 5.56 Å². The van der Waals surface area contributed by atoms with Gasteiger partial charge >= 0.3 is 5.97 Å². The Morgan fingerprint density at radius 2 is 1.75 bits per heavy atom. The Kier molecular flexibility index (Phi) is 5.62. The van der Waals surface area contributed by atoms with Crippen LogP contribution in [0.25, 0.3) is 0 Å². The molecule has 0 fully saturated rings. The fourth-order valence-electron chi connectivity index (χ4n) is 1.99. The summed E-state index contributed by atoms with van der Waals surface area (Å²) in [7, 11) is 2.70. The van der Waals surface area contributed by atoms with Crippen molar-refractivity contribution < 1.29 is 28.9 Å². The molecule has 2 N–H and O–H groups in total. The number of benzene rings is 2. The van der Waals surface area contributed by atoms with Crippen molar-refractivity contribution in [3.8, 4) is 17.2 Å². The van der Waals surface area contributed by atoms with Crippen molar-refractivity contribution >= 4 is 17.6 Å². The highest BCUT2D eigenvalue weighted by molar-refractivity contribution is 5.98. The molecule has 0 saturated heterocycles. The summed E-state index contributed by atoms with van der Waals surface area (Å²) in [5.41, 5.74) is 0.0486. The number of methoxy groups -OCH3 is 2. The lowest BCUT2D eigenvalue weighted by Crippen LogP contribution is -2.20. The van der Waals surface area contributed by atoms with Crippen molar-refractivity contribution in [3.63, 3.8) is 0 Å². The van der Waals surface area contributed by atoms with E-state index >= 15 is 0 Å². The average Bonchev–Trinajstić information content (AvgIpc) is 2.61. The Labute approximate surface area is 138 Å². The monoisotopic (exact) mass is 331 g/mol. The maximum Gasteiger partial charge on any atom is 0.341 e. The molecule has 0 atom stereocenters. The Bertz CT molecular complexity index is 744. The number of esters is 1. The van der Waals surface area contributed by atoms with Gasteiger partial charge < -0.3 is 24.6 Å². The lowest BCUT2D eigenvalue weighted by molar-refractivity contribution is -0.118. The first-order valence-electron chi connectivity index (χ1n) is 7.02. The third kappa shape index (κ3) is 3.95.